The highest BCUT2D eigenvalue weighted by atomic mass is 35.5. The minimum atomic E-state index is -0.233. The summed E-state index contributed by atoms with van der Waals surface area (Å²) < 4.78 is 5.80. The topological polar surface area (TPSA) is 76.1 Å². The van der Waals surface area contributed by atoms with Crippen molar-refractivity contribution in [2.24, 2.45) is 0 Å². The number of carbonyl (C=O) groups is 1. The maximum absolute atomic E-state index is 12.4. The molecule has 7 heteroatoms. The molecule has 0 unspecified atom stereocenters. The van der Waals surface area contributed by atoms with Crippen LogP contribution in [0.15, 0.2) is 84.9 Å². The maximum atomic E-state index is 12.4. The number of ether oxygens (including phenoxy) is 1. The molecule has 1 amide bonds. The quantitative estimate of drug-likeness (QED) is 0.271. The molecule has 0 saturated carbocycles. The third-order valence-corrected chi connectivity index (χ3v) is 5.40. The molecule has 4 aromatic rings. The predicted molar refractivity (Wildman–Crippen MR) is 141 cm³/mol. The van der Waals surface area contributed by atoms with Crippen LogP contribution in [0.1, 0.15) is 22.5 Å². The average Bonchev–Trinajstić information content (AvgIpc) is 2.82. The molecule has 2 N–H and O–H groups in total. The number of amides is 1. The number of hydrogen-bond acceptors (Lipinski definition) is 5. The molecule has 0 bridgehead atoms. The second kappa shape index (κ2) is 11.3. The van der Waals surface area contributed by atoms with Gasteiger partial charge in [0.25, 0.3) is 0 Å². The third-order valence-electron chi connectivity index (χ3n) is 5.03. The Hall–Kier alpha value is -4.16. The molecule has 4 rings (SSSR count). The number of nitrogens with zero attached hydrogens (tertiary/aromatic N) is 2. The molecule has 176 valence electrons. The molecule has 3 aromatic carbocycles. The van der Waals surface area contributed by atoms with Gasteiger partial charge in [-0.05, 0) is 68.0 Å². The fraction of sp³-hybridized carbons (Fsp3) is 0.107. The molecule has 1 heterocycles. The first kappa shape index (κ1) is 24.0. The number of rotatable bonds is 8. The summed E-state index contributed by atoms with van der Waals surface area (Å²) in [5.41, 5.74) is 5.02. The van der Waals surface area contributed by atoms with E-state index in [4.69, 9.17) is 16.3 Å². The molecule has 0 spiro atoms. The summed E-state index contributed by atoms with van der Waals surface area (Å²) in [6.07, 6.45) is 3.24. The lowest BCUT2D eigenvalue weighted by Gasteiger charge is -2.09. The molecule has 0 atom stereocenters. The molecule has 0 aliphatic carbocycles. The molecule has 0 aliphatic heterocycles. The third kappa shape index (κ3) is 7.16. The fourth-order valence-electron chi connectivity index (χ4n) is 3.39. The average molecular weight is 485 g/mol. The van der Waals surface area contributed by atoms with Gasteiger partial charge in [-0.1, -0.05) is 48.0 Å². The molecule has 6 nitrogen and oxygen atoms in total. The fourth-order valence-corrected chi connectivity index (χ4v) is 3.58. The van der Waals surface area contributed by atoms with E-state index in [2.05, 4.69) is 20.6 Å². The van der Waals surface area contributed by atoms with Crippen molar-refractivity contribution in [3.05, 3.63) is 112 Å². The van der Waals surface area contributed by atoms with Crippen LogP contribution in [0.5, 0.6) is 5.75 Å². The Morgan fingerprint density at radius 3 is 2.37 bits per heavy atom. The lowest BCUT2D eigenvalue weighted by Crippen LogP contribution is -2.08. The SMILES string of the molecule is Cc1cc(C)nc(Nc2cccc(NC(=O)/C=C/c3ccc(OCc4ccccc4Cl)cc3)c2)n1. The van der Waals surface area contributed by atoms with Gasteiger partial charge in [0.2, 0.25) is 11.9 Å². The lowest BCUT2D eigenvalue weighted by atomic mass is 10.2. The van der Waals surface area contributed by atoms with Crippen LogP contribution in [0.25, 0.3) is 6.08 Å². The van der Waals surface area contributed by atoms with E-state index in [9.17, 15) is 4.79 Å². The van der Waals surface area contributed by atoms with Crippen molar-refractivity contribution in [3.63, 3.8) is 0 Å². The zero-order valence-electron chi connectivity index (χ0n) is 19.5. The molecule has 0 saturated heterocycles. The van der Waals surface area contributed by atoms with E-state index in [-0.39, 0.29) is 5.91 Å². The number of anilines is 3. The molecular formula is C28H25ClN4O2. The van der Waals surface area contributed by atoms with Gasteiger partial charge in [0, 0.05) is 39.4 Å². The Morgan fingerprint density at radius 2 is 1.63 bits per heavy atom. The van der Waals surface area contributed by atoms with Gasteiger partial charge < -0.3 is 15.4 Å². The normalized spacial score (nSPS) is 10.8. The van der Waals surface area contributed by atoms with Gasteiger partial charge >= 0.3 is 0 Å². The second-order valence-corrected chi connectivity index (χ2v) is 8.36. The van der Waals surface area contributed by atoms with E-state index in [1.54, 1.807) is 6.08 Å². The van der Waals surface area contributed by atoms with Crippen molar-refractivity contribution in [1.29, 1.82) is 0 Å². The van der Waals surface area contributed by atoms with Gasteiger partial charge in [0.1, 0.15) is 12.4 Å². The molecule has 1 aromatic heterocycles. The minimum Gasteiger partial charge on any atom is -0.489 e. The van der Waals surface area contributed by atoms with E-state index in [0.717, 1.165) is 34.0 Å². The molecule has 0 aliphatic rings. The minimum absolute atomic E-state index is 0.233. The van der Waals surface area contributed by atoms with Crippen LogP contribution in [0.3, 0.4) is 0 Å². The first-order chi connectivity index (χ1) is 16.9. The van der Waals surface area contributed by atoms with Gasteiger partial charge in [-0.2, -0.15) is 0 Å². The van der Waals surface area contributed by atoms with Crippen LogP contribution in [0.4, 0.5) is 17.3 Å². The van der Waals surface area contributed by atoms with Crippen molar-refractivity contribution < 1.29 is 9.53 Å². The summed E-state index contributed by atoms with van der Waals surface area (Å²) in [5, 5.41) is 6.73. The summed E-state index contributed by atoms with van der Waals surface area (Å²) in [7, 11) is 0. The second-order valence-electron chi connectivity index (χ2n) is 7.95. The first-order valence-corrected chi connectivity index (χ1v) is 11.5. The number of aromatic nitrogens is 2. The number of aryl methyl sites for hydroxylation is 2. The number of carbonyl (C=O) groups excluding carboxylic acids is 1. The van der Waals surface area contributed by atoms with Crippen LogP contribution >= 0.6 is 11.6 Å². The van der Waals surface area contributed by atoms with E-state index in [0.29, 0.717) is 23.3 Å². The smallest absolute Gasteiger partial charge is 0.248 e. The summed E-state index contributed by atoms with van der Waals surface area (Å²) in [6.45, 7) is 4.23. The van der Waals surface area contributed by atoms with E-state index in [1.165, 1.54) is 6.08 Å². The number of nitrogens with one attached hydrogen (secondary N) is 2. The summed E-state index contributed by atoms with van der Waals surface area (Å²) in [6, 6.07) is 24.4. The predicted octanol–water partition coefficient (Wildman–Crippen LogP) is 6.72. The van der Waals surface area contributed by atoms with Crippen LogP contribution in [0.2, 0.25) is 5.02 Å². The van der Waals surface area contributed by atoms with Gasteiger partial charge in [0.15, 0.2) is 0 Å². The van der Waals surface area contributed by atoms with Gasteiger partial charge in [-0.15, -0.1) is 0 Å². The first-order valence-electron chi connectivity index (χ1n) is 11.1. The standard InChI is InChI=1S/C28H25ClN4O2/c1-19-16-20(2)31-28(30-19)33-24-8-5-7-23(17-24)32-27(34)15-12-21-10-13-25(14-11-21)35-18-22-6-3-4-9-26(22)29/h3-17H,18H2,1-2H3,(H,32,34)(H,30,31,33)/b15-12+. The highest BCUT2D eigenvalue weighted by molar-refractivity contribution is 6.31. The van der Waals surface area contributed by atoms with Crippen molar-refractivity contribution in [1.82, 2.24) is 9.97 Å². The molecule has 0 fully saturated rings. The van der Waals surface area contributed by atoms with E-state index in [1.807, 2.05) is 92.7 Å². The zero-order valence-corrected chi connectivity index (χ0v) is 20.2. The summed E-state index contributed by atoms with van der Waals surface area (Å²) >= 11 is 6.16. The zero-order chi connectivity index (χ0) is 24.6. The Labute approximate surface area is 209 Å². The largest absolute Gasteiger partial charge is 0.489 e. The molecule has 0 radical (unpaired) electrons. The highest BCUT2D eigenvalue weighted by Crippen LogP contribution is 2.20. The number of hydrogen-bond donors (Lipinski definition) is 2. The maximum Gasteiger partial charge on any atom is 0.248 e. The van der Waals surface area contributed by atoms with Gasteiger partial charge in [-0.25, -0.2) is 9.97 Å². The molecule has 35 heavy (non-hydrogen) atoms. The summed E-state index contributed by atoms with van der Waals surface area (Å²) in [5.74, 6) is 1.01. The van der Waals surface area contributed by atoms with Crippen LogP contribution in [-0.2, 0) is 11.4 Å². The van der Waals surface area contributed by atoms with Crippen molar-refractivity contribution in [3.8, 4) is 5.75 Å². The highest BCUT2D eigenvalue weighted by Gasteiger charge is 2.04. The van der Waals surface area contributed by atoms with Crippen molar-refractivity contribution >= 4 is 40.9 Å². The number of benzene rings is 3. The number of halogens is 1. The van der Waals surface area contributed by atoms with Crippen LogP contribution < -0.4 is 15.4 Å². The lowest BCUT2D eigenvalue weighted by molar-refractivity contribution is -0.111. The van der Waals surface area contributed by atoms with Crippen LogP contribution in [0, 0.1) is 13.8 Å². The van der Waals surface area contributed by atoms with Crippen molar-refractivity contribution in [2.45, 2.75) is 20.5 Å². The summed E-state index contributed by atoms with van der Waals surface area (Å²) in [4.78, 5) is 21.2. The Balaban J connectivity index is 1.32. The Morgan fingerprint density at radius 1 is 0.914 bits per heavy atom. The van der Waals surface area contributed by atoms with Gasteiger partial charge in [-0.3, -0.25) is 4.79 Å². The Kier molecular flexibility index (Phi) is 7.75. The van der Waals surface area contributed by atoms with E-state index < -0.39 is 0 Å². The van der Waals surface area contributed by atoms with Crippen LogP contribution in [-0.4, -0.2) is 15.9 Å². The van der Waals surface area contributed by atoms with Crippen molar-refractivity contribution in [2.75, 3.05) is 10.6 Å². The molecular weight excluding hydrogens is 460 g/mol. The Bertz CT molecular complexity index is 1330. The van der Waals surface area contributed by atoms with E-state index >= 15 is 0 Å². The monoisotopic (exact) mass is 484 g/mol. The van der Waals surface area contributed by atoms with Gasteiger partial charge in [0.05, 0.1) is 0 Å².